The molecule has 2 saturated heterocycles. The zero-order chi connectivity index (χ0) is 13.9. The summed E-state index contributed by atoms with van der Waals surface area (Å²) in [5.41, 5.74) is 0. The van der Waals surface area contributed by atoms with Crippen LogP contribution in [0.1, 0.15) is 37.6 Å². The fourth-order valence-electron chi connectivity index (χ4n) is 2.87. The summed E-state index contributed by atoms with van der Waals surface area (Å²) >= 11 is 0. The van der Waals surface area contributed by atoms with Gasteiger partial charge in [-0.1, -0.05) is 0 Å². The highest BCUT2D eigenvalue weighted by atomic mass is 16.5. The molecule has 3 atom stereocenters. The van der Waals surface area contributed by atoms with Gasteiger partial charge in [0, 0.05) is 32.7 Å². The van der Waals surface area contributed by atoms with Crippen molar-refractivity contribution in [2.75, 3.05) is 13.2 Å². The minimum atomic E-state index is -0.300. The lowest BCUT2D eigenvalue weighted by molar-refractivity contribution is -0.136. The molecule has 1 aromatic rings. The summed E-state index contributed by atoms with van der Waals surface area (Å²) < 4.78 is 13.2. The van der Waals surface area contributed by atoms with E-state index in [-0.39, 0.29) is 24.2 Å². The number of hydrogen-bond acceptors (Lipinski definition) is 4. The van der Waals surface area contributed by atoms with Crippen LogP contribution in [-0.2, 0) is 21.3 Å². The van der Waals surface area contributed by atoms with Crippen molar-refractivity contribution in [1.82, 2.24) is 14.9 Å². The first kappa shape index (κ1) is 13.6. The number of carbonyl (C=O) groups is 1. The topological polar surface area (TPSA) is 65.4 Å². The second kappa shape index (κ2) is 5.93. The molecule has 0 unspecified atom stereocenters. The van der Waals surface area contributed by atoms with Crippen LogP contribution < -0.4 is 5.32 Å². The van der Waals surface area contributed by atoms with E-state index < -0.39 is 0 Å². The molecule has 3 rings (SSSR count). The third-order valence-electron chi connectivity index (χ3n) is 4.00. The van der Waals surface area contributed by atoms with E-state index in [0.717, 1.165) is 31.5 Å². The third kappa shape index (κ3) is 2.71. The molecule has 0 radical (unpaired) electrons. The van der Waals surface area contributed by atoms with Crippen LogP contribution in [0.5, 0.6) is 0 Å². The maximum atomic E-state index is 12.2. The van der Waals surface area contributed by atoms with Crippen molar-refractivity contribution in [3.63, 3.8) is 0 Å². The van der Waals surface area contributed by atoms with Gasteiger partial charge in [-0.2, -0.15) is 0 Å². The standard InChI is InChI=1S/C14H21N3O3/c1-17-7-6-15-13(17)12-10(5-9-20-12)16-14(18)11-4-2-3-8-19-11/h6-7,10-12H,2-5,8-9H2,1H3,(H,16,18)/t10-,11-,12-/m0/s1. The van der Waals surface area contributed by atoms with E-state index in [1.54, 1.807) is 6.20 Å². The van der Waals surface area contributed by atoms with Crippen molar-refractivity contribution in [3.05, 3.63) is 18.2 Å². The van der Waals surface area contributed by atoms with Gasteiger partial charge >= 0.3 is 0 Å². The highest BCUT2D eigenvalue weighted by Gasteiger charge is 2.35. The van der Waals surface area contributed by atoms with Crippen LogP contribution >= 0.6 is 0 Å². The number of aryl methyl sites for hydroxylation is 1. The molecular weight excluding hydrogens is 258 g/mol. The average Bonchev–Trinajstić information content (AvgIpc) is 3.08. The molecule has 2 aliphatic rings. The van der Waals surface area contributed by atoms with Crippen LogP contribution in [0, 0.1) is 0 Å². The van der Waals surface area contributed by atoms with Crippen LogP contribution in [0.15, 0.2) is 12.4 Å². The molecule has 6 nitrogen and oxygen atoms in total. The Morgan fingerprint density at radius 2 is 2.25 bits per heavy atom. The fourth-order valence-corrected chi connectivity index (χ4v) is 2.87. The summed E-state index contributed by atoms with van der Waals surface area (Å²) in [5.74, 6) is 0.844. The molecule has 0 spiro atoms. The summed E-state index contributed by atoms with van der Waals surface area (Å²) in [7, 11) is 1.94. The summed E-state index contributed by atoms with van der Waals surface area (Å²) in [6.45, 7) is 1.33. The molecule has 1 aromatic heterocycles. The van der Waals surface area contributed by atoms with Crippen LogP contribution in [0.25, 0.3) is 0 Å². The van der Waals surface area contributed by atoms with E-state index in [1.807, 2.05) is 17.8 Å². The number of hydrogen-bond donors (Lipinski definition) is 1. The van der Waals surface area contributed by atoms with E-state index in [1.165, 1.54) is 0 Å². The van der Waals surface area contributed by atoms with E-state index in [2.05, 4.69) is 10.3 Å². The molecule has 2 aliphatic heterocycles. The molecule has 1 amide bonds. The van der Waals surface area contributed by atoms with E-state index in [9.17, 15) is 4.79 Å². The predicted molar refractivity (Wildman–Crippen MR) is 72.0 cm³/mol. The first-order valence-electron chi connectivity index (χ1n) is 7.26. The summed E-state index contributed by atoms with van der Waals surface area (Å²) in [6, 6.07) is -0.0193. The number of amides is 1. The van der Waals surface area contributed by atoms with E-state index in [0.29, 0.717) is 13.2 Å². The second-order valence-corrected chi connectivity index (χ2v) is 5.45. The molecule has 2 fully saturated rings. The lowest BCUT2D eigenvalue weighted by Crippen LogP contribution is -2.45. The van der Waals surface area contributed by atoms with Crippen molar-refractivity contribution < 1.29 is 14.3 Å². The summed E-state index contributed by atoms with van der Waals surface area (Å²) in [5, 5.41) is 3.07. The van der Waals surface area contributed by atoms with Crippen molar-refractivity contribution in [1.29, 1.82) is 0 Å². The average molecular weight is 279 g/mol. The Balaban J connectivity index is 1.64. The monoisotopic (exact) mass is 279 g/mol. The van der Waals surface area contributed by atoms with Gasteiger partial charge in [0.2, 0.25) is 5.91 Å². The third-order valence-corrected chi connectivity index (χ3v) is 4.00. The minimum Gasteiger partial charge on any atom is -0.368 e. The Hall–Kier alpha value is -1.40. The second-order valence-electron chi connectivity index (χ2n) is 5.45. The molecule has 0 bridgehead atoms. The highest BCUT2D eigenvalue weighted by Crippen LogP contribution is 2.28. The van der Waals surface area contributed by atoms with Crippen LogP contribution in [0.3, 0.4) is 0 Å². The van der Waals surface area contributed by atoms with Crippen LogP contribution in [0.2, 0.25) is 0 Å². The van der Waals surface area contributed by atoms with Crippen LogP contribution in [0.4, 0.5) is 0 Å². The Morgan fingerprint density at radius 1 is 1.35 bits per heavy atom. The molecule has 6 heteroatoms. The first-order chi connectivity index (χ1) is 9.75. The first-order valence-corrected chi connectivity index (χ1v) is 7.26. The van der Waals surface area contributed by atoms with E-state index >= 15 is 0 Å². The Labute approximate surface area is 118 Å². The van der Waals surface area contributed by atoms with Gasteiger partial charge in [-0.3, -0.25) is 4.79 Å². The quantitative estimate of drug-likeness (QED) is 0.894. The number of carbonyl (C=O) groups excluding carboxylic acids is 1. The van der Waals surface area contributed by atoms with Gasteiger partial charge in [0.25, 0.3) is 0 Å². The van der Waals surface area contributed by atoms with Gasteiger partial charge < -0.3 is 19.4 Å². The lowest BCUT2D eigenvalue weighted by atomic mass is 10.1. The van der Waals surface area contributed by atoms with Gasteiger partial charge in [0.15, 0.2) is 0 Å². The predicted octanol–water partition coefficient (Wildman–Crippen LogP) is 0.935. The lowest BCUT2D eigenvalue weighted by Gasteiger charge is -2.25. The largest absolute Gasteiger partial charge is 0.368 e. The molecule has 20 heavy (non-hydrogen) atoms. The Kier molecular flexibility index (Phi) is 4.03. The van der Waals surface area contributed by atoms with Gasteiger partial charge in [-0.15, -0.1) is 0 Å². The zero-order valence-electron chi connectivity index (χ0n) is 11.7. The Morgan fingerprint density at radius 3 is 2.95 bits per heavy atom. The smallest absolute Gasteiger partial charge is 0.249 e. The van der Waals surface area contributed by atoms with Crippen LogP contribution in [-0.4, -0.2) is 40.8 Å². The summed E-state index contributed by atoms with van der Waals surface area (Å²) in [4.78, 5) is 16.6. The molecule has 110 valence electrons. The maximum Gasteiger partial charge on any atom is 0.249 e. The van der Waals surface area contributed by atoms with Crippen molar-refractivity contribution in [3.8, 4) is 0 Å². The zero-order valence-corrected chi connectivity index (χ0v) is 11.7. The maximum absolute atomic E-state index is 12.2. The van der Waals surface area contributed by atoms with Crippen molar-refractivity contribution >= 4 is 5.91 Å². The molecule has 1 N–H and O–H groups in total. The Bertz CT molecular complexity index is 468. The van der Waals surface area contributed by atoms with Gasteiger partial charge in [0.1, 0.15) is 18.0 Å². The summed E-state index contributed by atoms with van der Waals surface area (Å²) in [6.07, 6.45) is 6.91. The fraction of sp³-hybridized carbons (Fsp3) is 0.714. The highest BCUT2D eigenvalue weighted by molar-refractivity contribution is 5.81. The van der Waals surface area contributed by atoms with E-state index in [4.69, 9.17) is 9.47 Å². The van der Waals surface area contributed by atoms with Crippen molar-refractivity contribution in [2.24, 2.45) is 7.05 Å². The number of nitrogens with one attached hydrogen (secondary N) is 1. The number of nitrogens with zero attached hydrogens (tertiary/aromatic N) is 2. The normalized spacial score (nSPS) is 30.4. The molecule has 0 aliphatic carbocycles. The molecule has 0 saturated carbocycles. The molecule has 3 heterocycles. The SMILES string of the molecule is Cn1ccnc1[C@H]1OCC[C@@H]1NC(=O)[C@@H]1CCCCO1. The van der Waals surface area contributed by atoms with Gasteiger partial charge in [-0.05, 0) is 25.7 Å². The molecular formula is C14H21N3O3. The van der Waals surface area contributed by atoms with Crippen molar-refractivity contribution in [2.45, 2.75) is 43.9 Å². The van der Waals surface area contributed by atoms with Gasteiger partial charge in [0.05, 0.1) is 6.04 Å². The number of imidazole rings is 1. The number of aromatic nitrogens is 2. The molecule has 0 aromatic carbocycles. The number of rotatable bonds is 3. The van der Waals surface area contributed by atoms with Gasteiger partial charge in [-0.25, -0.2) is 4.98 Å². The minimum absolute atomic E-state index is 0.0144. The number of ether oxygens (including phenoxy) is 2.